The Morgan fingerprint density at radius 1 is 1.31 bits per heavy atom. The summed E-state index contributed by atoms with van der Waals surface area (Å²) in [6, 6.07) is 5.22. The second-order valence-electron chi connectivity index (χ2n) is 3.53. The van der Waals surface area contributed by atoms with E-state index in [0.29, 0.717) is 5.92 Å². The molecule has 0 aliphatic carbocycles. The molecule has 0 atom stereocenters. The van der Waals surface area contributed by atoms with Crippen molar-refractivity contribution < 1.29 is 9.52 Å². The van der Waals surface area contributed by atoms with Gasteiger partial charge in [0.05, 0.1) is 6.26 Å². The molecule has 13 heavy (non-hydrogen) atoms. The van der Waals surface area contributed by atoms with Crippen LogP contribution in [0.3, 0.4) is 0 Å². The van der Waals surface area contributed by atoms with Gasteiger partial charge in [0.15, 0.2) is 0 Å². The molecule has 0 saturated carbocycles. The third-order valence-corrected chi connectivity index (χ3v) is 2.21. The van der Waals surface area contributed by atoms with Crippen LogP contribution in [0.2, 0.25) is 0 Å². The van der Waals surface area contributed by atoms with Crippen molar-refractivity contribution in [3.8, 4) is 5.75 Å². The Morgan fingerprint density at radius 2 is 2.08 bits per heavy atom. The standard InChI is InChI=1S/C11H12O2/c1-7(2)10-6-13-11-5-8(12)3-4-9(10)11/h3-7,12H,1-2H3. The Balaban J connectivity index is 2.69. The Morgan fingerprint density at radius 3 is 2.77 bits per heavy atom. The summed E-state index contributed by atoms with van der Waals surface area (Å²) in [5, 5.41) is 10.3. The normalized spacial score (nSPS) is 11.3. The lowest BCUT2D eigenvalue weighted by Gasteiger charge is -1.99. The van der Waals surface area contributed by atoms with E-state index in [1.165, 1.54) is 5.56 Å². The SMILES string of the molecule is CC(C)c1coc2cc(O)ccc12. The highest BCUT2D eigenvalue weighted by Crippen LogP contribution is 2.29. The smallest absolute Gasteiger partial charge is 0.137 e. The van der Waals surface area contributed by atoms with E-state index in [1.807, 2.05) is 6.07 Å². The molecule has 1 aromatic heterocycles. The molecule has 2 heteroatoms. The number of rotatable bonds is 1. The molecule has 68 valence electrons. The predicted octanol–water partition coefficient (Wildman–Crippen LogP) is 3.26. The van der Waals surface area contributed by atoms with Gasteiger partial charge in [0.25, 0.3) is 0 Å². The first kappa shape index (κ1) is 8.17. The Labute approximate surface area is 76.8 Å². The zero-order valence-electron chi connectivity index (χ0n) is 7.74. The lowest BCUT2D eigenvalue weighted by Crippen LogP contribution is -1.82. The average Bonchev–Trinajstić information content (AvgIpc) is 2.46. The van der Waals surface area contributed by atoms with Gasteiger partial charge in [-0.25, -0.2) is 0 Å². The summed E-state index contributed by atoms with van der Waals surface area (Å²) in [5.74, 6) is 0.697. The summed E-state index contributed by atoms with van der Waals surface area (Å²) in [4.78, 5) is 0. The fourth-order valence-electron chi connectivity index (χ4n) is 1.48. The molecule has 0 saturated heterocycles. The summed E-state index contributed by atoms with van der Waals surface area (Å²) >= 11 is 0. The quantitative estimate of drug-likeness (QED) is 0.723. The van der Waals surface area contributed by atoms with Crippen LogP contribution in [-0.2, 0) is 0 Å². The maximum atomic E-state index is 9.22. The molecular weight excluding hydrogens is 164 g/mol. The number of hydrogen-bond acceptors (Lipinski definition) is 2. The van der Waals surface area contributed by atoms with Gasteiger partial charge < -0.3 is 9.52 Å². The highest BCUT2D eigenvalue weighted by Gasteiger charge is 2.08. The van der Waals surface area contributed by atoms with Crippen LogP contribution < -0.4 is 0 Å². The topological polar surface area (TPSA) is 33.4 Å². The van der Waals surface area contributed by atoms with Gasteiger partial charge in [-0.05, 0) is 18.1 Å². The van der Waals surface area contributed by atoms with Crippen LogP contribution in [0, 0.1) is 0 Å². The number of furan rings is 1. The third kappa shape index (κ3) is 1.28. The number of phenols is 1. The summed E-state index contributed by atoms with van der Waals surface area (Å²) < 4.78 is 5.33. The lowest BCUT2D eigenvalue weighted by molar-refractivity contribution is 0.474. The number of aromatic hydroxyl groups is 1. The van der Waals surface area contributed by atoms with Crippen LogP contribution in [0.15, 0.2) is 28.9 Å². The second kappa shape index (κ2) is 2.80. The molecule has 0 amide bonds. The third-order valence-electron chi connectivity index (χ3n) is 2.21. The molecule has 0 bridgehead atoms. The van der Waals surface area contributed by atoms with Gasteiger partial charge >= 0.3 is 0 Å². The minimum absolute atomic E-state index is 0.247. The molecular formula is C11H12O2. The molecule has 0 radical (unpaired) electrons. The van der Waals surface area contributed by atoms with Crippen molar-refractivity contribution in [3.05, 3.63) is 30.0 Å². The van der Waals surface area contributed by atoms with Crippen LogP contribution in [0.1, 0.15) is 25.3 Å². The highest BCUT2D eigenvalue weighted by atomic mass is 16.3. The minimum atomic E-state index is 0.247. The van der Waals surface area contributed by atoms with E-state index in [0.717, 1.165) is 11.0 Å². The Kier molecular flexibility index (Phi) is 1.76. The average molecular weight is 176 g/mol. The van der Waals surface area contributed by atoms with Gasteiger partial charge in [-0.3, -0.25) is 0 Å². The van der Waals surface area contributed by atoms with Gasteiger partial charge in [-0.2, -0.15) is 0 Å². The maximum absolute atomic E-state index is 9.22. The molecule has 0 fully saturated rings. The van der Waals surface area contributed by atoms with Crippen molar-refractivity contribution in [1.29, 1.82) is 0 Å². The number of fused-ring (bicyclic) bond motifs is 1. The zero-order valence-corrected chi connectivity index (χ0v) is 7.74. The molecule has 1 aromatic carbocycles. The van der Waals surface area contributed by atoms with Crippen molar-refractivity contribution in [3.63, 3.8) is 0 Å². The predicted molar refractivity (Wildman–Crippen MR) is 52.0 cm³/mol. The van der Waals surface area contributed by atoms with E-state index in [9.17, 15) is 5.11 Å². The second-order valence-corrected chi connectivity index (χ2v) is 3.53. The van der Waals surface area contributed by atoms with Crippen molar-refractivity contribution in [2.75, 3.05) is 0 Å². The van der Waals surface area contributed by atoms with Gasteiger partial charge in [0, 0.05) is 17.0 Å². The molecule has 1 heterocycles. The van der Waals surface area contributed by atoms with Crippen molar-refractivity contribution >= 4 is 11.0 Å². The summed E-state index contributed by atoms with van der Waals surface area (Å²) in [6.45, 7) is 4.24. The van der Waals surface area contributed by atoms with E-state index in [-0.39, 0.29) is 5.75 Å². The van der Waals surface area contributed by atoms with Gasteiger partial charge in [-0.15, -0.1) is 0 Å². The molecule has 0 aliphatic heterocycles. The highest BCUT2D eigenvalue weighted by molar-refractivity contribution is 5.82. The maximum Gasteiger partial charge on any atom is 0.137 e. The van der Waals surface area contributed by atoms with Crippen LogP contribution in [0.25, 0.3) is 11.0 Å². The molecule has 2 nitrogen and oxygen atoms in total. The van der Waals surface area contributed by atoms with Gasteiger partial charge in [0.2, 0.25) is 0 Å². The molecule has 2 aromatic rings. The largest absolute Gasteiger partial charge is 0.508 e. The van der Waals surface area contributed by atoms with E-state index in [2.05, 4.69) is 13.8 Å². The van der Waals surface area contributed by atoms with E-state index in [4.69, 9.17) is 4.42 Å². The van der Waals surface area contributed by atoms with Gasteiger partial charge in [-0.1, -0.05) is 13.8 Å². The van der Waals surface area contributed by atoms with Crippen LogP contribution in [0.5, 0.6) is 5.75 Å². The van der Waals surface area contributed by atoms with Crippen molar-refractivity contribution in [2.24, 2.45) is 0 Å². The molecule has 2 rings (SSSR count). The van der Waals surface area contributed by atoms with E-state index >= 15 is 0 Å². The summed E-state index contributed by atoms with van der Waals surface area (Å²) in [7, 11) is 0. The zero-order chi connectivity index (χ0) is 9.42. The van der Waals surface area contributed by atoms with Crippen LogP contribution in [-0.4, -0.2) is 5.11 Å². The Hall–Kier alpha value is -1.44. The molecule has 1 N–H and O–H groups in total. The monoisotopic (exact) mass is 176 g/mol. The summed E-state index contributed by atoms with van der Waals surface area (Å²) in [5.41, 5.74) is 1.94. The van der Waals surface area contributed by atoms with E-state index in [1.54, 1.807) is 18.4 Å². The first-order valence-corrected chi connectivity index (χ1v) is 4.38. The lowest BCUT2D eigenvalue weighted by atomic mass is 10.0. The number of phenolic OH excluding ortho intramolecular Hbond substituents is 1. The van der Waals surface area contributed by atoms with Crippen LogP contribution in [0.4, 0.5) is 0 Å². The first-order valence-electron chi connectivity index (χ1n) is 4.38. The van der Waals surface area contributed by atoms with Gasteiger partial charge in [0.1, 0.15) is 11.3 Å². The van der Waals surface area contributed by atoms with Crippen molar-refractivity contribution in [1.82, 2.24) is 0 Å². The minimum Gasteiger partial charge on any atom is -0.508 e. The first-order chi connectivity index (χ1) is 6.18. The van der Waals surface area contributed by atoms with Crippen molar-refractivity contribution in [2.45, 2.75) is 19.8 Å². The summed E-state index contributed by atoms with van der Waals surface area (Å²) in [6.07, 6.45) is 1.76. The van der Waals surface area contributed by atoms with Crippen LogP contribution >= 0.6 is 0 Å². The van der Waals surface area contributed by atoms with E-state index < -0.39 is 0 Å². The molecule has 0 aliphatic rings. The molecule has 0 spiro atoms. The fraction of sp³-hybridized carbons (Fsp3) is 0.273. The number of benzene rings is 1. The number of hydrogen-bond donors (Lipinski definition) is 1. The Bertz CT molecular complexity index is 427. The fourth-order valence-corrected chi connectivity index (χ4v) is 1.48. The molecule has 0 unspecified atom stereocenters.